The number of amides is 1. The topological polar surface area (TPSA) is 71.2 Å². The highest BCUT2D eigenvalue weighted by Crippen LogP contribution is 2.19. The quantitative estimate of drug-likeness (QED) is 0.885. The average molecular weight is 262 g/mol. The number of rotatable bonds is 3. The van der Waals surface area contributed by atoms with Crippen molar-refractivity contribution >= 4 is 16.9 Å². The predicted molar refractivity (Wildman–Crippen MR) is 71.9 cm³/mol. The Balaban J connectivity index is 2.47. The lowest BCUT2D eigenvalue weighted by Crippen LogP contribution is -2.33. The van der Waals surface area contributed by atoms with E-state index in [0.717, 1.165) is 11.1 Å². The number of nitrogens with zero attached hydrogens (tertiary/aromatic N) is 4. The molecule has 1 amide bonds. The van der Waals surface area contributed by atoms with Gasteiger partial charge < -0.3 is 10.0 Å². The number of likely N-dealkylation sites (N-methyl/N-ethyl adjacent to an activating group) is 1. The van der Waals surface area contributed by atoms with Crippen LogP contribution in [0.25, 0.3) is 11.0 Å². The Morgan fingerprint density at radius 2 is 2.26 bits per heavy atom. The fraction of sp³-hybridized carbons (Fsp3) is 0.462. The molecule has 0 aliphatic heterocycles. The Kier molecular flexibility index (Phi) is 3.53. The van der Waals surface area contributed by atoms with Crippen LogP contribution in [-0.4, -0.2) is 50.4 Å². The standard InChI is InChI=1S/C13H18N4O2/c1-8-5-10(13(19)16(3)7-9(2)18)11-6-14-17(4)12(11)15-8/h5-6,9,18H,7H2,1-4H3. The third kappa shape index (κ3) is 2.58. The van der Waals surface area contributed by atoms with Crippen LogP contribution in [0.15, 0.2) is 12.3 Å². The lowest BCUT2D eigenvalue weighted by molar-refractivity contribution is 0.0705. The molecule has 0 aromatic carbocycles. The smallest absolute Gasteiger partial charge is 0.254 e. The van der Waals surface area contributed by atoms with Gasteiger partial charge in [-0.05, 0) is 19.9 Å². The summed E-state index contributed by atoms with van der Waals surface area (Å²) in [4.78, 5) is 18.3. The van der Waals surface area contributed by atoms with Gasteiger partial charge in [-0.15, -0.1) is 0 Å². The van der Waals surface area contributed by atoms with Crippen molar-refractivity contribution in [2.75, 3.05) is 13.6 Å². The first-order chi connectivity index (χ1) is 8.90. The van der Waals surface area contributed by atoms with Gasteiger partial charge >= 0.3 is 0 Å². The molecule has 102 valence electrons. The van der Waals surface area contributed by atoms with E-state index in [9.17, 15) is 9.90 Å². The lowest BCUT2D eigenvalue weighted by atomic mass is 10.1. The molecule has 0 aliphatic rings. The Bertz CT molecular complexity index is 618. The van der Waals surface area contributed by atoms with Gasteiger partial charge in [0.15, 0.2) is 5.65 Å². The summed E-state index contributed by atoms with van der Waals surface area (Å²) in [6, 6.07) is 1.75. The second-order valence-corrected chi connectivity index (χ2v) is 4.85. The van der Waals surface area contributed by atoms with Gasteiger partial charge in [-0.25, -0.2) is 4.98 Å². The summed E-state index contributed by atoms with van der Waals surface area (Å²) in [5, 5.41) is 14.2. The summed E-state index contributed by atoms with van der Waals surface area (Å²) in [5.41, 5.74) is 2.03. The van der Waals surface area contributed by atoms with E-state index in [-0.39, 0.29) is 5.91 Å². The first-order valence-electron chi connectivity index (χ1n) is 6.13. The van der Waals surface area contributed by atoms with Gasteiger partial charge in [-0.1, -0.05) is 0 Å². The van der Waals surface area contributed by atoms with Crippen molar-refractivity contribution in [1.29, 1.82) is 0 Å². The Morgan fingerprint density at radius 1 is 1.58 bits per heavy atom. The van der Waals surface area contributed by atoms with Crippen LogP contribution < -0.4 is 0 Å². The van der Waals surface area contributed by atoms with Crippen LogP contribution in [0, 0.1) is 6.92 Å². The molecule has 2 aromatic heterocycles. The molecular weight excluding hydrogens is 244 g/mol. The minimum atomic E-state index is -0.554. The molecule has 0 saturated carbocycles. The minimum absolute atomic E-state index is 0.135. The summed E-state index contributed by atoms with van der Waals surface area (Å²) in [7, 11) is 3.47. The fourth-order valence-corrected chi connectivity index (χ4v) is 2.10. The van der Waals surface area contributed by atoms with Crippen molar-refractivity contribution < 1.29 is 9.90 Å². The van der Waals surface area contributed by atoms with Crippen LogP contribution in [0.5, 0.6) is 0 Å². The maximum absolute atomic E-state index is 12.4. The Morgan fingerprint density at radius 3 is 2.89 bits per heavy atom. The van der Waals surface area contributed by atoms with E-state index < -0.39 is 6.10 Å². The number of aliphatic hydroxyl groups is 1. The average Bonchev–Trinajstić information content (AvgIpc) is 2.68. The summed E-state index contributed by atoms with van der Waals surface area (Å²) in [6.45, 7) is 3.79. The summed E-state index contributed by atoms with van der Waals surface area (Å²) < 4.78 is 1.65. The van der Waals surface area contributed by atoms with E-state index >= 15 is 0 Å². The second-order valence-electron chi connectivity index (χ2n) is 4.85. The van der Waals surface area contributed by atoms with Gasteiger partial charge in [0.2, 0.25) is 0 Å². The highest BCUT2D eigenvalue weighted by atomic mass is 16.3. The molecule has 2 heterocycles. The lowest BCUT2D eigenvalue weighted by Gasteiger charge is -2.19. The first-order valence-corrected chi connectivity index (χ1v) is 6.13. The molecule has 0 fully saturated rings. The van der Waals surface area contributed by atoms with E-state index in [4.69, 9.17) is 0 Å². The number of aromatic nitrogens is 3. The molecule has 0 bridgehead atoms. The Hall–Kier alpha value is -1.95. The van der Waals surface area contributed by atoms with Crippen LogP contribution >= 0.6 is 0 Å². The molecule has 1 unspecified atom stereocenters. The van der Waals surface area contributed by atoms with Crippen molar-refractivity contribution in [2.45, 2.75) is 20.0 Å². The van der Waals surface area contributed by atoms with Crippen LogP contribution in [0.4, 0.5) is 0 Å². The summed E-state index contributed by atoms with van der Waals surface area (Å²) in [5.74, 6) is -0.135. The number of carbonyl (C=O) groups excluding carboxylic acids is 1. The third-order valence-corrected chi connectivity index (χ3v) is 2.95. The number of fused-ring (bicyclic) bond motifs is 1. The third-order valence-electron chi connectivity index (χ3n) is 2.95. The maximum atomic E-state index is 12.4. The van der Waals surface area contributed by atoms with Gasteiger partial charge in [0, 0.05) is 26.3 Å². The second kappa shape index (κ2) is 4.97. The van der Waals surface area contributed by atoms with E-state index in [1.54, 1.807) is 38.0 Å². The molecule has 0 spiro atoms. The minimum Gasteiger partial charge on any atom is -0.392 e. The monoisotopic (exact) mass is 262 g/mol. The highest BCUT2D eigenvalue weighted by molar-refractivity contribution is 6.05. The maximum Gasteiger partial charge on any atom is 0.254 e. The SMILES string of the molecule is Cc1cc(C(=O)N(C)CC(C)O)c2cnn(C)c2n1. The predicted octanol–water partition coefficient (Wildman–Crippen LogP) is 0.730. The number of aliphatic hydroxyl groups excluding tert-OH is 1. The number of carbonyl (C=O) groups is 1. The molecule has 0 saturated heterocycles. The van der Waals surface area contributed by atoms with Crippen molar-refractivity contribution in [1.82, 2.24) is 19.7 Å². The number of hydrogen-bond donors (Lipinski definition) is 1. The fourth-order valence-electron chi connectivity index (χ4n) is 2.10. The van der Waals surface area contributed by atoms with Crippen molar-refractivity contribution in [2.24, 2.45) is 7.05 Å². The first kappa shape index (κ1) is 13.5. The van der Waals surface area contributed by atoms with E-state index in [2.05, 4.69) is 10.1 Å². The number of aryl methyl sites for hydroxylation is 2. The molecule has 1 atom stereocenters. The van der Waals surface area contributed by atoms with Gasteiger partial charge in [0.1, 0.15) is 0 Å². The molecule has 2 aromatic rings. The summed E-state index contributed by atoms with van der Waals surface area (Å²) >= 11 is 0. The van der Waals surface area contributed by atoms with Gasteiger partial charge in [0.25, 0.3) is 5.91 Å². The van der Waals surface area contributed by atoms with Crippen molar-refractivity contribution in [3.63, 3.8) is 0 Å². The number of pyridine rings is 1. The molecule has 2 rings (SSSR count). The zero-order valence-corrected chi connectivity index (χ0v) is 11.6. The van der Waals surface area contributed by atoms with E-state index in [1.165, 1.54) is 4.90 Å². The van der Waals surface area contributed by atoms with Crippen LogP contribution in [0.1, 0.15) is 23.0 Å². The van der Waals surface area contributed by atoms with Crippen molar-refractivity contribution in [3.05, 3.63) is 23.5 Å². The van der Waals surface area contributed by atoms with Crippen LogP contribution in [-0.2, 0) is 7.05 Å². The van der Waals surface area contributed by atoms with Crippen LogP contribution in [0.3, 0.4) is 0 Å². The molecule has 19 heavy (non-hydrogen) atoms. The number of hydrogen-bond acceptors (Lipinski definition) is 4. The van der Waals surface area contributed by atoms with E-state index in [0.29, 0.717) is 17.8 Å². The molecule has 1 N–H and O–H groups in total. The van der Waals surface area contributed by atoms with Gasteiger partial charge in [0.05, 0.1) is 23.3 Å². The summed E-state index contributed by atoms with van der Waals surface area (Å²) in [6.07, 6.45) is 1.09. The van der Waals surface area contributed by atoms with Gasteiger partial charge in [-0.2, -0.15) is 5.10 Å². The van der Waals surface area contributed by atoms with Crippen molar-refractivity contribution in [3.8, 4) is 0 Å². The molecule has 0 radical (unpaired) electrons. The highest BCUT2D eigenvalue weighted by Gasteiger charge is 2.18. The van der Waals surface area contributed by atoms with Crippen LogP contribution in [0.2, 0.25) is 0 Å². The molecular formula is C13H18N4O2. The molecule has 0 aliphatic carbocycles. The molecule has 6 nitrogen and oxygen atoms in total. The van der Waals surface area contributed by atoms with Gasteiger partial charge in [-0.3, -0.25) is 9.48 Å². The zero-order chi connectivity index (χ0) is 14.2. The zero-order valence-electron chi connectivity index (χ0n) is 11.6. The Labute approximate surface area is 111 Å². The normalized spacial score (nSPS) is 12.7. The van der Waals surface area contributed by atoms with E-state index in [1.807, 2.05) is 6.92 Å². The molecule has 6 heteroatoms. The largest absolute Gasteiger partial charge is 0.392 e.